The third-order valence-corrected chi connectivity index (χ3v) is 6.45. The molecule has 0 radical (unpaired) electrons. The Morgan fingerprint density at radius 2 is 2.00 bits per heavy atom. The lowest BCUT2D eigenvalue weighted by Gasteiger charge is -2.33. The van der Waals surface area contributed by atoms with Gasteiger partial charge in [-0.15, -0.1) is 0 Å². The molecule has 112 valence electrons. The molecule has 0 spiro atoms. The summed E-state index contributed by atoms with van der Waals surface area (Å²) < 4.78 is 25.3. The lowest BCUT2D eigenvalue weighted by Crippen LogP contribution is -2.40. The van der Waals surface area contributed by atoms with E-state index < -0.39 is 9.84 Å². The molecule has 0 heterocycles. The minimum Gasteiger partial charge on any atom is -0.312 e. The van der Waals surface area contributed by atoms with Gasteiger partial charge in [-0.3, -0.25) is 0 Å². The Hall–Kier alpha value is -0.870. The van der Waals surface area contributed by atoms with Crippen molar-refractivity contribution in [1.29, 1.82) is 0 Å². The molecule has 0 aliphatic heterocycles. The Morgan fingerprint density at radius 3 is 2.65 bits per heavy atom. The summed E-state index contributed by atoms with van der Waals surface area (Å²) in [6.45, 7) is 4.14. The van der Waals surface area contributed by atoms with Crippen LogP contribution < -0.4 is 5.32 Å². The van der Waals surface area contributed by atoms with Crippen molar-refractivity contribution < 1.29 is 8.42 Å². The number of hydrogen-bond donors (Lipinski definition) is 1. The summed E-state index contributed by atoms with van der Waals surface area (Å²) >= 11 is 0. The quantitative estimate of drug-likeness (QED) is 0.908. The van der Waals surface area contributed by atoms with E-state index in [9.17, 15) is 8.42 Å². The highest BCUT2D eigenvalue weighted by molar-refractivity contribution is 7.92. The number of hydrogen-bond acceptors (Lipinski definition) is 3. The molecule has 0 aromatic heterocycles. The maximum absolute atomic E-state index is 12.6. The minimum atomic E-state index is -3.04. The molecule has 1 aromatic carbocycles. The van der Waals surface area contributed by atoms with Gasteiger partial charge in [-0.25, -0.2) is 8.42 Å². The molecule has 0 fully saturated rings. The van der Waals surface area contributed by atoms with Crippen molar-refractivity contribution in [2.24, 2.45) is 5.92 Å². The first-order chi connectivity index (χ1) is 9.45. The Morgan fingerprint density at radius 1 is 1.30 bits per heavy atom. The van der Waals surface area contributed by atoms with Crippen LogP contribution in [0.1, 0.15) is 43.9 Å². The van der Waals surface area contributed by atoms with E-state index in [0.29, 0.717) is 11.7 Å². The second kappa shape index (κ2) is 6.27. The fourth-order valence-electron chi connectivity index (χ4n) is 3.01. The van der Waals surface area contributed by atoms with Gasteiger partial charge in [-0.1, -0.05) is 38.1 Å². The van der Waals surface area contributed by atoms with Crippen LogP contribution in [0.4, 0.5) is 0 Å². The van der Waals surface area contributed by atoms with Crippen molar-refractivity contribution in [3.8, 4) is 0 Å². The molecule has 0 saturated carbocycles. The molecular weight excluding hydrogens is 270 g/mol. The molecule has 3 nitrogen and oxygen atoms in total. The van der Waals surface area contributed by atoms with Gasteiger partial charge >= 0.3 is 0 Å². The van der Waals surface area contributed by atoms with Gasteiger partial charge in [0.1, 0.15) is 0 Å². The second-order valence-corrected chi connectivity index (χ2v) is 8.43. The zero-order valence-corrected chi connectivity index (χ0v) is 13.4. The molecule has 0 amide bonds. The third-order valence-electron chi connectivity index (χ3n) is 4.21. The van der Waals surface area contributed by atoms with E-state index in [2.05, 4.69) is 31.3 Å². The molecule has 2 atom stereocenters. The molecular formula is C16H25NO2S. The Kier molecular flexibility index (Phi) is 4.86. The topological polar surface area (TPSA) is 46.2 Å². The highest BCUT2D eigenvalue weighted by Gasteiger charge is 2.36. The summed E-state index contributed by atoms with van der Waals surface area (Å²) in [4.78, 5) is 0. The average molecular weight is 295 g/mol. The fraction of sp³-hybridized carbons (Fsp3) is 0.625. The monoisotopic (exact) mass is 295 g/mol. The lowest BCUT2D eigenvalue weighted by atomic mass is 9.87. The number of rotatable bonds is 5. The predicted octanol–water partition coefficient (Wildman–Crippen LogP) is 2.72. The molecule has 1 N–H and O–H groups in total. The first-order valence-electron chi connectivity index (χ1n) is 7.42. The number of benzene rings is 1. The van der Waals surface area contributed by atoms with Crippen molar-refractivity contribution in [2.75, 3.05) is 12.8 Å². The van der Waals surface area contributed by atoms with Gasteiger partial charge in [-0.2, -0.15) is 0 Å². The van der Waals surface area contributed by atoms with Gasteiger partial charge in [0.25, 0.3) is 0 Å². The summed E-state index contributed by atoms with van der Waals surface area (Å²) in [5, 5.41) is 2.93. The van der Waals surface area contributed by atoms with Crippen LogP contribution in [-0.4, -0.2) is 26.5 Å². The SMILES string of the molecule is CNC1c2ccccc2CCC1S(=O)(=O)CCC(C)C. The predicted molar refractivity (Wildman–Crippen MR) is 83.6 cm³/mol. The Balaban J connectivity index is 2.25. The summed E-state index contributed by atoms with van der Waals surface area (Å²) in [6, 6.07) is 8.11. The minimum absolute atomic E-state index is 0.0721. The van der Waals surface area contributed by atoms with Gasteiger partial charge in [0.2, 0.25) is 0 Å². The van der Waals surface area contributed by atoms with E-state index in [1.54, 1.807) is 0 Å². The van der Waals surface area contributed by atoms with E-state index in [0.717, 1.165) is 24.8 Å². The number of fused-ring (bicyclic) bond motifs is 1. The van der Waals surface area contributed by atoms with Crippen LogP contribution in [0.3, 0.4) is 0 Å². The first-order valence-corrected chi connectivity index (χ1v) is 9.14. The standard InChI is InChI=1S/C16H25NO2S/c1-12(2)10-11-20(18,19)15-9-8-13-6-4-5-7-14(13)16(15)17-3/h4-7,12,15-17H,8-11H2,1-3H3. The van der Waals surface area contributed by atoms with Gasteiger partial charge in [0.05, 0.1) is 11.0 Å². The van der Waals surface area contributed by atoms with Crippen molar-refractivity contribution >= 4 is 9.84 Å². The van der Waals surface area contributed by atoms with Crippen LogP contribution in [0, 0.1) is 5.92 Å². The first kappa shape index (κ1) is 15.5. The van der Waals surface area contributed by atoms with Crippen LogP contribution in [0.5, 0.6) is 0 Å². The Labute approximate surface area is 122 Å². The number of aryl methyl sites for hydroxylation is 1. The fourth-order valence-corrected chi connectivity index (χ4v) is 5.29. The van der Waals surface area contributed by atoms with Crippen LogP contribution in [0.15, 0.2) is 24.3 Å². The van der Waals surface area contributed by atoms with Crippen LogP contribution in [0.2, 0.25) is 0 Å². The van der Waals surface area contributed by atoms with Crippen molar-refractivity contribution in [2.45, 2.75) is 44.4 Å². The third kappa shape index (κ3) is 3.23. The molecule has 4 heteroatoms. The van der Waals surface area contributed by atoms with Gasteiger partial charge < -0.3 is 5.32 Å². The van der Waals surface area contributed by atoms with Gasteiger partial charge in [-0.05, 0) is 43.4 Å². The van der Waals surface area contributed by atoms with E-state index in [1.807, 2.05) is 19.2 Å². The van der Waals surface area contributed by atoms with Gasteiger partial charge in [0, 0.05) is 6.04 Å². The zero-order valence-electron chi connectivity index (χ0n) is 12.6. The summed E-state index contributed by atoms with van der Waals surface area (Å²) in [5.41, 5.74) is 2.43. The molecule has 2 rings (SSSR count). The lowest BCUT2D eigenvalue weighted by molar-refractivity contribution is 0.472. The zero-order chi connectivity index (χ0) is 14.8. The molecule has 2 unspecified atom stereocenters. The van der Waals surface area contributed by atoms with Gasteiger partial charge in [0.15, 0.2) is 9.84 Å². The summed E-state index contributed by atoms with van der Waals surface area (Å²) in [7, 11) is -1.19. The molecule has 1 aliphatic carbocycles. The highest BCUT2D eigenvalue weighted by atomic mass is 32.2. The smallest absolute Gasteiger partial charge is 0.155 e. The van der Waals surface area contributed by atoms with E-state index >= 15 is 0 Å². The Bertz CT molecular complexity index is 551. The van der Waals surface area contributed by atoms with E-state index in [1.165, 1.54) is 5.56 Å². The largest absolute Gasteiger partial charge is 0.312 e. The molecule has 20 heavy (non-hydrogen) atoms. The van der Waals surface area contributed by atoms with E-state index in [-0.39, 0.29) is 11.3 Å². The van der Waals surface area contributed by atoms with Crippen molar-refractivity contribution in [3.63, 3.8) is 0 Å². The highest BCUT2D eigenvalue weighted by Crippen LogP contribution is 2.34. The molecule has 0 bridgehead atoms. The van der Waals surface area contributed by atoms with Crippen LogP contribution in [-0.2, 0) is 16.3 Å². The van der Waals surface area contributed by atoms with Crippen molar-refractivity contribution in [3.05, 3.63) is 35.4 Å². The number of sulfone groups is 1. The summed E-state index contributed by atoms with van der Waals surface area (Å²) in [5.74, 6) is 0.726. The molecule has 0 saturated heterocycles. The maximum atomic E-state index is 12.6. The number of nitrogens with one attached hydrogen (secondary N) is 1. The normalized spacial score (nSPS) is 22.8. The molecule has 1 aromatic rings. The van der Waals surface area contributed by atoms with Crippen molar-refractivity contribution in [1.82, 2.24) is 5.32 Å². The molecule has 1 aliphatic rings. The second-order valence-electron chi connectivity index (χ2n) is 6.09. The maximum Gasteiger partial charge on any atom is 0.155 e. The van der Waals surface area contributed by atoms with Crippen LogP contribution in [0.25, 0.3) is 0 Å². The van der Waals surface area contributed by atoms with Crippen LogP contribution >= 0.6 is 0 Å². The summed E-state index contributed by atoms with van der Waals surface area (Å²) in [6.07, 6.45) is 2.33. The van der Waals surface area contributed by atoms with E-state index in [4.69, 9.17) is 0 Å². The average Bonchev–Trinajstić information content (AvgIpc) is 2.44.